The third-order valence-electron chi connectivity index (χ3n) is 5.32. The van der Waals surface area contributed by atoms with Crippen LogP contribution in [0.4, 0.5) is 0 Å². The van der Waals surface area contributed by atoms with E-state index < -0.39 is 0 Å². The van der Waals surface area contributed by atoms with Gasteiger partial charge in [0.15, 0.2) is 0 Å². The van der Waals surface area contributed by atoms with Gasteiger partial charge in [-0.3, -0.25) is 9.59 Å². The summed E-state index contributed by atoms with van der Waals surface area (Å²) in [6.07, 6.45) is 11.0. The SMILES string of the molecule is CCCCCNC(=O)CCCOc1cc(CCC)cc(OCCCC(=O)NCCCCC)c1. The number of hydrogen-bond acceptors (Lipinski definition) is 4. The van der Waals surface area contributed by atoms with Crippen molar-refractivity contribution in [3.05, 3.63) is 23.8 Å². The van der Waals surface area contributed by atoms with Crippen molar-refractivity contribution in [3.63, 3.8) is 0 Å². The molecule has 33 heavy (non-hydrogen) atoms. The lowest BCUT2D eigenvalue weighted by Gasteiger charge is -2.12. The van der Waals surface area contributed by atoms with Crippen molar-refractivity contribution in [3.8, 4) is 11.5 Å². The van der Waals surface area contributed by atoms with E-state index in [9.17, 15) is 9.59 Å². The highest BCUT2D eigenvalue weighted by atomic mass is 16.5. The van der Waals surface area contributed by atoms with Gasteiger partial charge in [0, 0.05) is 32.0 Å². The van der Waals surface area contributed by atoms with E-state index in [4.69, 9.17) is 9.47 Å². The highest BCUT2D eigenvalue weighted by Crippen LogP contribution is 2.24. The topological polar surface area (TPSA) is 76.7 Å². The number of rotatable bonds is 20. The molecule has 0 radical (unpaired) electrons. The van der Waals surface area contributed by atoms with Crippen molar-refractivity contribution in [2.45, 2.75) is 97.8 Å². The molecular formula is C27H46N2O4. The molecular weight excluding hydrogens is 416 g/mol. The Morgan fingerprint density at radius 1 is 0.667 bits per heavy atom. The lowest BCUT2D eigenvalue weighted by molar-refractivity contribution is -0.122. The predicted molar refractivity (Wildman–Crippen MR) is 135 cm³/mol. The third kappa shape index (κ3) is 15.3. The number of aryl methyl sites for hydroxylation is 1. The average Bonchev–Trinajstić information content (AvgIpc) is 2.80. The van der Waals surface area contributed by atoms with Crippen molar-refractivity contribution >= 4 is 11.8 Å². The average molecular weight is 463 g/mol. The molecule has 6 nitrogen and oxygen atoms in total. The summed E-state index contributed by atoms with van der Waals surface area (Å²) in [5.74, 6) is 1.72. The fraction of sp³-hybridized carbons (Fsp3) is 0.704. The molecule has 0 aromatic heterocycles. The Hall–Kier alpha value is -2.24. The number of benzene rings is 1. The summed E-state index contributed by atoms with van der Waals surface area (Å²) in [6.45, 7) is 8.96. The first-order valence-corrected chi connectivity index (χ1v) is 13.0. The second kappa shape index (κ2) is 19.2. The van der Waals surface area contributed by atoms with Crippen LogP contribution in [0, 0.1) is 0 Å². The normalized spacial score (nSPS) is 10.6. The molecule has 0 fully saturated rings. The Morgan fingerprint density at radius 2 is 1.15 bits per heavy atom. The summed E-state index contributed by atoms with van der Waals surface area (Å²) in [5, 5.41) is 5.92. The van der Waals surface area contributed by atoms with Gasteiger partial charge in [-0.1, -0.05) is 52.9 Å². The Kier molecular flexibility index (Phi) is 16.8. The fourth-order valence-corrected chi connectivity index (χ4v) is 3.46. The molecule has 2 N–H and O–H groups in total. The molecule has 0 atom stereocenters. The zero-order chi connectivity index (χ0) is 24.2. The smallest absolute Gasteiger partial charge is 0.220 e. The summed E-state index contributed by atoms with van der Waals surface area (Å²) in [7, 11) is 0. The van der Waals surface area contributed by atoms with Gasteiger partial charge in [0.05, 0.1) is 13.2 Å². The number of amides is 2. The molecule has 2 amide bonds. The summed E-state index contributed by atoms with van der Waals surface area (Å²) >= 11 is 0. The summed E-state index contributed by atoms with van der Waals surface area (Å²) in [4.78, 5) is 23.8. The van der Waals surface area contributed by atoms with Crippen LogP contribution in [0.3, 0.4) is 0 Å². The minimum Gasteiger partial charge on any atom is -0.493 e. The van der Waals surface area contributed by atoms with E-state index in [2.05, 4.69) is 31.4 Å². The van der Waals surface area contributed by atoms with Crippen LogP contribution < -0.4 is 20.1 Å². The lowest BCUT2D eigenvalue weighted by Crippen LogP contribution is -2.24. The number of nitrogens with one attached hydrogen (secondary N) is 2. The highest BCUT2D eigenvalue weighted by Gasteiger charge is 2.06. The fourth-order valence-electron chi connectivity index (χ4n) is 3.46. The van der Waals surface area contributed by atoms with E-state index in [1.807, 2.05) is 18.2 Å². The second-order valence-corrected chi connectivity index (χ2v) is 8.58. The molecule has 188 valence electrons. The van der Waals surface area contributed by atoms with Gasteiger partial charge in [-0.15, -0.1) is 0 Å². The first-order valence-electron chi connectivity index (χ1n) is 13.0. The van der Waals surface area contributed by atoms with E-state index in [1.54, 1.807) is 0 Å². The molecule has 0 unspecified atom stereocenters. The zero-order valence-corrected chi connectivity index (χ0v) is 21.2. The third-order valence-corrected chi connectivity index (χ3v) is 5.32. The van der Waals surface area contributed by atoms with Gasteiger partial charge < -0.3 is 20.1 Å². The van der Waals surface area contributed by atoms with E-state index in [0.717, 1.165) is 76.0 Å². The van der Waals surface area contributed by atoms with Gasteiger partial charge in [0.1, 0.15) is 11.5 Å². The quantitative estimate of drug-likeness (QED) is 0.248. The van der Waals surface area contributed by atoms with Gasteiger partial charge in [-0.25, -0.2) is 0 Å². The summed E-state index contributed by atoms with van der Waals surface area (Å²) in [6, 6.07) is 5.99. The van der Waals surface area contributed by atoms with Crippen molar-refractivity contribution in [2.24, 2.45) is 0 Å². The second-order valence-electron chi connectivity index (χ2n) is 8.58. The van der Waals surface area contributed by atoms with Gasteiger partial charge in [0.25, 0.3) is 0 Å². The molecule has 0 aliphatic heterocycles. The molecule has 1 rings (SSSR count). The first-order chi connectivity index (χ1) is 16.1. The highest BCUT2D eigenvalue weighted by molar-refractivity contribution is 5.76. The van der Waals surface area contributed by atoms with Crippen molar-refractivity contribution in [1.82, 2.24) is 10.6 Å². The van der Waals surface area contributed by atoms with Crippen LogP contribution in [0.1, 0.15) is 97.0 Å². The lowest BCUT2D eigenvalue weighted by atomic mass is 10.1. The monoisotopic (exact) mass is 462 g/mol. The number of carbonyl (C=O) groups excluding carboxylic acids is 2. The Morgan fingerprint density at radius 3 is 1.58 bits per heavy atom. The summed E-state index contributed by atoms with van der Waals surface area (Å²) < 4.78 is 11.8. The van der Waals surface area contributed by atoms with E-state index in [0.29, 0.717) is 38.9 Å². The summed E-state index contributed by atoms with van der Waals surface area (Å²) in [5.41, 5.74) is 1.17. The molecule has 0 saturated heterocycles. The van der Waals surface area contributed by atoms with E-state index in [1.165, 1.54) is 5.56 Å². The van der Waals surface area contributed by atoms with Crippen LogP contribution >= 0.6 is 0 Å². The van der Waals surface area contributed by atoms with Gasteiger partial charge in [-0.2, -0.15) is 0 Å². The van der Waals surface area contributed by atoms with E-state index in [-0.39, 0.29) is 11.8 Å². The molecule has 0 spiro atoms. The maximum absolute atomic E-state index is 11.9. The molecule has 0 aliphatic carbocycles. The maximum Gasteiger partial charge on any atom is 0.220 e. The number of unbranched alkanes of at least 4 members (excludes halogenated alkanes) is 4. The number of carbonyl (C=O) groups is 2. The number of ether oxygens (including phenoxy) is 2. The van der Waals surface area contributed by atoms with Crippen LogP contribution in [-0.4, -0.2) is 38.1 Å². The van der Waals surface area contributed by atoms with Crippen molar-refractivity contribution in [2.75, 3.05) is 26.3 Å². The van der Waals surface area contributed by atoms with E-state index >= 15 is 0 Å². The van der Waals surface area contributed by atoms with Gasteiger partial charge >= 0.3 is 0 Å². The van der Waals surface area contributed by atoms with Crippen molar-refractivity contribution in [1.29, 1.82) is 0 Å². The Balaban J connectivity index is 2.36. The molecule has 1 aromatic carbocycles. The van der Waals surface area contributed by atoms with Crippen LogP contribution in [0.15, 0.2) is 18.2 Å². The van der Waals surface area contributed by atoms with Crippen molar-refractivity contribution < 1.29 is 19.1 Å². The predicted octanol–water partition coefficient (Wildman–Crippen LogP) is 5.57. The molecule has 0 aliphatic rings. The largest absolute Gasteiger partial charge is 0.493 e. The molecule has 6 heteroatoms. The van der Waals surface area contributed by atoms with Crippen LogP contribution in [-0.2, 0) is 16.0 Å². The Labute approximate surface area is 201 Å². The first kappa shape index (κ1) is 28.8. The standard InChI is InChI=1S/C27H46N2O4/c1-4-7-9-16-28-26(30)14-11-18-32-24-20-23(13-6-3)21-25(22-24)33-19-12-15-27(31)29-17-10-8-5-2/h20-22H,4-19H2,1-3H3,(H,28,30)(H,29,31). The zero-order valence-electron chi connectivity index (χ0n) is 21.2. The number of hydrogen-bond donors (Lipinski definition) is 2. The van der Waals surface area contributed by atoms with Crippen LogP contribution in [0.25, 0.3) is 0 Å². The Bertz CT molecular complexity index is 613. The molecule has 0 saturated carbocycles. The molecule has 0 heterocycles. The van der Waals surface area contributed by atoms with Crippen LogP contribution in [0.5, 0.6) is 11.5 Å². The van der Waals surface area contributed by atoms with Gasteiger partial charge in [0.2, 0.25) is 11.8 Å². The maximum atomic E-state index is 11.9. The minimum absolute atomic E-state index is 0.0906. The minimum atomic E-state index is 0.0906. The molecule has 1 aromatic rings. The van der Waals surface area contributed by atoms with Gasteiger partial charge in [-0.05, 0) is 49.8 Å². The van der Waals surface area contributed by atoms with Crippen LogP contribution in [0.2, 0.25) is 0 Å². The molecule has 0 bridgehead atoms.